The van der Waals surface area contributed by atoms with Gasteiger partial charge in [0.2, 0.25) is 0 Å². The van der Waals surface area contributed by atoms with Crippen molar-refractivity contribution in [2.45, 2.75) is 18.5 Å². The highest BCUT2D eigenvalue weighted by atomic mass is 16.5. The van der Waals surface area contributed by atoms with Gasteiger partial charge in [0, 0.05) is 13.0 Å². The summed E-state index contributed by atoms with van der Waals surface area (Å²) in [5.41, 5.74) is 0. The Morgan fingerprint density at radius 3 is 2.94 bits per heavy atom. The lowest BCUT2D eigenvalue weighted by molar-refractivity contribution is -0.158. The molecule has 0 radical (unpaired) electrons. The molecule has 0 saturated carbocycles. The summed E-state index contributed by atoms with van der Waals surface area (Å²) < 4.78 is 14.8. The van der Waals surface area contributed by atoms with Gasteiger partial charge in [0.25, 0.3) is 0 Å². The first-order valence-corrected chi connectivity index (χ1v) is 5.32. The van der Waals surface area contributed by atoms with Gasteiger partial charge in [0.15, 0.2) is 0 Å². The third-order valence-corrected chi connectivity index (χ3v) is 2.95. The average Bonchev–Trinajstić information content (AvgIpc) is 2.74. The average molecular weight is 229 g/mol. The van der Waals surface area contributed by atoms with Crippen molar-refractivity contribution in [2.24, 2.45) is 0 Å². The summed E-state index contributed by atoms with van der Waals surface area (Å²) in [5, 5.41) is 0. The molecule has 2 aliphatic heterocycles. The summed E-state index contributed by atoms with van der Waals surface area (Å²) in [7, 11) is 1.34. The summed E-state index contributed by atoms with van der Waals surface area (Å²) in [4.78, 5) is 24.8. The van der Waals surface area contributed by atoms with Crippen molar-refractivity contribution >= 4 is 11.9 Å². The van der Waals surface area contributed by atoms with Crippen molar-refractivity contribution < 1.29 is 23.8 Å². The van der Waals surface area contributed by atoms with E-state index in [9.17, 15) is 9.59 Å². The number of carbonyl (C=O) groups is 2. The largest absolute Gasteiger partial charge is 0.468 e. The summed E-state index contributed by atoms with van der Waals surface area (Å²) in [6, 6.07) is -0.817. The molecule has 2 atom stereocenters. The van der Waals surface area contributed by atoms with Crippen LogP contribution in [-0.2, 0) is 23.8 Å². The van der Waals surface area contributed by atoms with Crippen LogP contribution >= 0.6 is 0 Å². The molecule has 6 heteroatoms. The molecule has 2 unspecified atom stereocenters. The molecule has 0 aromatic rings. The lowest BCUT2D eigenvalue weighted by Gasteiger charge is -2.35. The van der Waals surface area contributed by atoms with Gasteiger partial charge in [-0.15, -0.1) is 0 Å². The molecule has 0 aromatic heterocycles. The van der Waals surface area contributed by atoms with Gasteiger partial charge < -0.3 is 14.2 Å². The van der Waals surface area contributed by atoms with Gasteiger partial charge in [-0.05, 0) is 0 Å². The number of cyclic esters (lactones) is 1. The highest BCUT2D eigenvalue weighted by Crippen LogP contribution is 2.20. The number of carbonyl (C=O) groups excluding carboxylic acids is 2. The summed E-state index contributed by atoms with van der Waals surface area (Å²) >= 11 is 0. The van der Waals surface area contributed by atoms with E-state index >= 15 is 0 Å². The fourth-order valence-electron chi connectivity index (χ4n) is 2.12. The van der Waals surface area contributed by atoms with Crippen molar-refractivity contribution in [3.8, 4) is 0 Å². The van der Waals surface area contributed by atoms with E-state index in [1.807, 2.05) is 4.90 Å². The Kier molecular flexibility index (Phi) is 3.40. The molecule has 2 heterocycles. The third-order valence-electron chi connectivity index (χ3n) is 2.95. The van der Waals surface area contributed by atoms with Crippen molar-refractivity contribution in [3.63, 3.8) is 0 Å². The molecule has 6 nitrogen and oxygen atoms in total. The van der Waals surface area contributed by atoms with Gasteiger partial charge in [-0.2, -0.15) is 0 Å². The second kappa shape index (κ2) is 4.80. The molecule has 0 bridgehead atoms. The highest BCUT2D eigenvalue weighted by Gasteiger charge is 2.41. The normalized spacial score (nSPS) is 31.2. The van der Waals surface area contributed by atoms with Gasteiger partial charge in [0.1, 0.15) is 12.1 Å². The minimum Gasteiger partial charge on any atom is -0.468 e. The monoisotopic (exact) mass is 229 g/mol. The highest BCUT2D eigenvalue weighted by molar-refractivity contribution is 5.80. The van der Waals surface area contributed by atoms with Gasteiger partial charge in [-0.3, -0.25) is 14.5 Å². The molecule has 0 amide bonds. The van der Waals surface area contributed by atoms with E-state index in [4.69, 9.17) is 14.2 Å². The smallest absolute Gasteiger partial charge is 0.325 e. The van der Waals surface area contributed by atoms with Gasteiger partial charge in [-0.25, -0.2) is 0 Å². The number of morpholine rings is 1. The Balaban J connectivity index is 2.09. The first-order chi connectivity index (χ1) is 7.74. The molecule has 2 fully saturated rings. The molecule has 0 aliphatic carbocycles. The Morgan fingerprint density at radius 1 is 1.50 bits per heavy atom. The zero-order valence-corrected chi connectivity index (χ0v) is 9.18. The predicted molar refractivity (Wildman–Crippen MR) is 52.7 cm³/mol. The summed E-state index contributed by atoms with van der Waals surface area (Å²) in [6.45, 7) is 1.78. The molecule has 0 spiro atoms. The first-order valence-electron chi connectivity index (χ1n) is 5.32. The lowest BCUT2D eigenvalue weighted by atomic mass is 10.1. The van der Waals surface area contributed by atoms with Crippen LogP contribution in [0.15, 0.2) is 0 Å². The SMILES string of the molecule is COC(=O)C1COCCN1C1CCOC1=O. The molecule has 0 aromatic carbocycles. The Hall–Kier alpha value is -1.14. The Morgan fingerprint density at radius 2 is 2.31 bits per heavy atom. The lowest BCUT2D eigenvalue weighted by Crippen LogP contribution is -2.55. The maximum absolute atomic E-state index is 11.5. The van der Waals surface area contributed by atoms with Gasteiger partial charge >= 0.3 is 11.9 Å². The number of rotatable bonds is 2. The van der Waals surface area contributed by atoms with Crippen LogP contribution in [0.1, 0.15) is 6.42 Å². The van der Waals surface area contributed by atoms with Gasteiger partial charge in [-0.1, -0.05) is 0 Å². The van der Waals surface area contributed by atoms with E-state index in [2.05, 4.69) is 0 Å². The Labute approximate surface area is 93.4 Å². The number of esters is 2. The van der Waals surface area contributed by atoms with E-state index < -0.39 is 6.04 Å². The number of ether oxygens (including phenoxy) is 3. The van der Waals surface area contributed by atoms with E-state index in [-0.39, 0.29) is 24.6 Å². The molecule has 2 saturated heterocycles. The zero-order valence-electron chi connectivity index (χ0n) is 9.18. The van der Waals surface area contributed by atoms with Crippen molar-refractivity contribution in [1.29, 1.82) is 0 Å². The van der Waals surface area contributed by atoms with Gasteiger partial charge in [0.05, 0.1) is 26.9 Å². The molecule has 0 N–H and O–H groups in total. The zero-order chi connectivity index (χ0) is 11.5. The number of hydrogen-bond donors (Lipinski definition) is 0. The van der Waals surface area contributed by atoms with Crippen LogP contribution in [0.3, 0.4) is 0 Å². The van der Waals surface area contributed by atoms with Crippen LogP contribution in [0.5, 0.6) is 0 Å². The van der Waals surface area contributed by atoms with E-state index in [0.29, 0.717) is 26.2 Å². The van der Waals surface area contributed by atoms with E-state index in [1.54, 1.807) is 0 Å². The number of hydrogen-bond acceptors (Lipinski definition) is 6. The quantitative estimate of drug-likeness (QED) is 0.576. The maximum atomic E-state index is 11.5. The number of methoxy groups -OCH3 is 1. The third kappa shape index (κ3) is 2.03. The molecular formula is C10H15NO5. The van der Waals surface area contributed by atoms with Crippen LogP contribution in [0, 0.1) is 0 Å². The fraction of sp³-hybridized carbons (Fsp3) is 0.800. The van der Waals surface area contributed by atoms with Crippen LogP contribution in [0.25, 0.3) is 0 Å². The fourth-order valence-corrected chi connectivity index (χ4v) is 2.12. The molecule has 90 valence electrons. The minimum atomic E-state index is -0.491. The predicted octanol–water partition coefficient (Wildman–Crippen LogP) is -0.824. The molecule has 2 aliphatic rings. The summed E-state index contributed by atoms with van der Waals surface area (Å²) in [5.74, 6) is -0.616. The van der Waals surface area contributed by atoms with Crippen molar-refractivity contribution in [2.75, 3.05) is 33.5 Å². The van der Waals surface area contributed by atoms with Crippen LogP contribution in [0.4, 0.5) is 0 Å². The second-order valence-corrected chi connectivity index (χ2v) is 3.82. The second-order valence-electron chi connectivity index (χ2n) is 3.82. The van der Waals surface area contributed by atoms with Crippen molar-refractivity contribution in [3.05, 3.63) is 0 Å². The molecule has 2 rings (SSSR count). The maximum Gasteiger partial charge on any atom is 0.325 e. The first kappa shape index (κ1) is 11.3. The van der Waals surface area contributed by atoms with Crippen molar-refractivity contribution in [1.82, 2.24) is 4.90 Å². The standard InChI is InChI=1S/C10H15NO5/c1-14-9(12)8-6-15-5-3-11(8)7-2-4-16-10(7)13/h7-8H,2-6H2,1H3. The van der Waals surface area contributed by atoms with E-state index in [1.165, 1.54) is 7.11 Å². The van der Waals surface area contributed by atoms with Crippen LogP contribution in [0.2, 0.25) is 0 Å². The van der Waals surface area contributed by atoms with Crippen LogP contribution < -0.4 is 0 Å². The Bertz CT molecular complexity index is 293. The van der Waals surface area contributed by atoms with E-state index in [0.717, 1.165) is 0 Å². The van der Waals surface area contributed by atoms with Crippen LogP contribution in [-0.4, -0.2) is 62.4 Å². The molecule has 16 heavy (non-hydrogen) atoms. The number of nitrogens with zero attached hydrogens (tertiary/aromatic N) is 1. The minimum absolute atomic E-state index is 0.254. The molecular weight excluding hydrogens is 214 g/mol. The topological polar surface area (TPSA) is 65.1 Å². The summed E-state index contributed by atoms with van der Waals surface area (Å²) in [6.07, 6.45) is 0.631.